The van der Waals surface area contributed by atoms with E-state index in [4.69, 9.17) is 5.11 Å². The van der Waals surface area contributed by atoms with Crippen molar-refractivity contribution in [3.8, 4) is 0 Å². The van der Waals surface area contributed by atoms with E-state index in [1.165, 1.54) is 5.56 Å². The van der Waals surface area contributed by atoms with Crippen LogP contribution >= 0.6 is 0 Å². The second kappa shape index (κ2) is 6.67. The molecule has 0 bridgehead atoms. The van der Waals surface area contributed by atoms with Gasteiger partial charge in [-0.05, 0) is 42.7 Å². The van der Waals surface area contributed by atoms with Crippen LogP contribution in [0, 0.1) is 0 Å². The molecular formula is C15H16N2O. The van der Waals surface area contributed by atoms with E-state index in [1.54, 1.807) is 0 Å². The zero-order chi connectivity index (χ0) is 12.6. The van der Waals surface area contributed by atoms with Crippen LogP contribution in [0.3, 0.4) is 0 Å². The lowest BCUT2D eigenvalue weighted by Crippen LogP contribution is -1.88. The van der Waals surface area contributed by atoms with Crippen molar-refractivity contribution in [2.45, 2.75) is 12.8 Å². The molecule has 92 valence electrons. The smallest absolute Gasteiger partial charge is 0.0859 e. The van der Waals surface area contributed by atoms with Crippen molar-refractivity contribution in [3.05, 3.63) is 60.2 Å². The van der Waals surface area contributed by atoms with E-state index in [1.807, 2.05) is 54.6 Å². The Morgan fingerprint density at radius 2 is 1.56 bits per heavy atom. The standard InChI is InChI=1S/C15H16N2O/c18-11-5-7-13-6-4-10-15(12-13)17-16-14-8-2-1-3-9-14/h1-4,6,8-10,12,18H,5,7,11H2. The van der Waals surface area contributed by atoms with Crippen LogP contribution in [0.5, 0.6) is 0 Å². The van der Waals surface area contributed by atoms with Crippen molar-refractivity contribution >= 4 is 11.4 Å². The highest BCUT2D eigenvalue weighted by Crippen LogP contribution is 2.19. The highest BCUT2D eigenvalue weighted by Gasteiger charge is 1.95. The van der Waals surface area contributed by atoms with Gasteiger partial charge in [-0.1, -0.05) is 30.3 Å². The van der Waals surface area contributed by atoms with Gasteiger partial charge in [0.25, 0.3) is 0 Å². The highest BCUT2D eigenvalue weighted by atomic mass is 16.2. The van der Waals surface area contributed by atoms with Gasteiger partial charge in [0, 0.05) is 6.61 Å². The molecule has 0 aliphatic rings. The molecule has 0 unspecified atom stereocenters. The molecule has 1 N–H and O–H groups in total. The molecule has 0 saturated carbocycles. The van der Waals surface area contributed by atoms with Gasteiger partial charge in [0.15, 0.2) is 0 Å². The Bertz CT molecular complexity index is 509. The monoisotopic (exact) mass is 240 g/mol. The SMILES string of the molecule is OCCCc1cccc(N=Nc2ccccc2)c1. The number of hydrogen-bond acceptors (Lipinski definition) is 3. The van der Waals surface area contributed by atoms with Crippen LogP contribution in [0.15, 0.2) is 64.8 Å². The van der Waals surface area contributed by atoms with Gasteiger partial charge in [-0.2, -0.15) is 10.2 Å². The van der Waals surface area contributed by atoms with Gasteiger partial charge in [0.05, 0.1) is 11.4 Å². The van der Waals surface area contributed by atoms with E-state index >= 15 is 0 Å². The number of rotatable bonds is 5. The summed E-state index contributed by atoms with van der Waals surface area (Å²) >= 11 is 0. The normalized spacial score (nSPS) is 10.9. The summed E-state index contributed by atoms with van der Waals surface area (Å²) in [6.45, 7) is 0.218. The number of azo groups is 1. The number of aryl methyl sites for hydroxylation is 1. The summed E-state index contributed by atoms with van der Waals surface area (Å²) in [5.74, 6) is 0. The number of aliphatic hydroxyl groups is 1. The van der Waals surface area contributed by atoms with Gasteiger partial charge >= 0.3 is 0 Å². The van der Waals surface area contributed by atoms with E-state index in [0.29, 0.717) is 0 Å². The second-order valence-corrected chi connectivity index (χ2v) is 4.03. The van der Waals surface area contributed by atoms with Crippen molar-refractivity contribution in [1.82, 2.24) is 0 Å². The van der Waals surface area contributed by atoms with E-state index in [0.717, 1.165) is 24.2 Å². The Balaban J connectivity index is 2.07. The Labute approximate surface area is 107 Å². The van der Waals surface area contributed by atoms with Crippen LogP contribution < -0.4 is 0 Å². The molecule has 3 heteroatoms. The summed E-state index contributed by atoms with van der Waals surface area (Å²) in [4.78, 5) is 0. The largest absolute Gasteiger partial charge is 0.396 e. The minimum Gasteiger partial charge on any atom is -0.396 e. The van der Waals surface area contributed by atoms with Gasteiger partial charge in [-0.15, -0.1) is 0 Å². The lowest BCUT2D eigenvalue weighted by atomic mass is 10.1. The van der Waals surface area contributed by atoms with Crippen molar-refractivity contribution in [3.63, 3.8) is 0 Å². The first-order chi connectivity index (χ1) is 8.88. The molecule has 3 nitrogen and oxygen atoms in total. The fraction of sp³-hybridized carbons (Fsp3) is 0.200. The molecule has 0 radical (unpaired) electrons. The predicted molar refractivity (Wildman–Crippen MR) is 72.5 cm³/mol. The van der Waals surface area contributed by atoms with Crippen LogP contribution in [-0.4, -0.2) is 11.7 Å². The Morgan fingerprint density at radius 1 is 0.833 bits per heavy atom. The third-order valence-electron chi connectivity index (χ3n) is 2.57. The predicted octanol–water partition coefficient (Wildman–Crippen LogP) is 4.03. The van der Waals surface area contributed by atoms with E-state index in [-0.39, 0.29) is 6.61 Å². The summed E-state index contributed by atoms with van der Waals surface area (Å²) < 4.78 is 0. The highest BCUT2D eigenvalue weighted by molar-refractivity contribution is 5.41. The summed E-state index contributed by atoms with van der Waals surface area (Å²) in [6, 6.07) is 17.6. The molecule has 0 aromatic heterocycles. The lowest BCUT2D eigenvalue weighted by Gasteiger charge is -2.00. The maximum Gasteiger partial charge on any atom is 0.0859 e. The average molecular weight is 240 g/mol. The lowest BCUT2D eigenvalue weighted by molar-refractivity contribution is 0.288. The fourth-order valence-corrected chi connectivity index (χ4v) is 1.67. The minimum atomic E-state index is 0.218. The summed E-state index contributed by atoms with van der Waals surface area (Å²) in [7, 11) is 0. The molecule has 18 heavy (non-hydrogen) atoms. The summed E-state index contributed by atoms with van der Waals surface area (Å²) in [5, 5.41) is 17.2. The molecule has 0 spiro atoms. The first kappa shape index (κ1) is 12.5. The van der Waals surface area contributed by atoms with Gasteiger partial charge < -0.3 is 5.11 Å². The quantitative estimate of drug-likeness (QED) is 0.788. The zero-order valence-electron chi connectivity index (χ0n) is 10.2. The number of aliphatic hydroxyl groups excluding tert-OH is 1. The third-order valence-corrected chi connectivity index (χ3v) is 2.57. The molecule has 2 rings (SSSR count). The van der Waals surface area contributed by atoms with Crippen molar-refractivity contribution in [2.24, 2.45) is 10.2 Å². The van der Waals surface area contributed by atoms with Crippen molar-refractivity contribution in [1.29, 1.82) is 0 Å². The Hall–Kier alpha value is -2.00. The van der Waals surface area contributed by atoms with Gasteiger partial charge in [0.2, 0.25) is 0 Å². The molecule has 2 aromatic rings. The Kier molecular flexibility index (Phi) is 4.61. The maximum atomic E-state index is 8.81. The minimum absolute atomic E-state index is 0.218. The van der Waals surface area contributed by atoms with E-state index in [9.17, 15) is 0 Å². The second-order valence-electron chi connectivity index (χ2n) is 4.03. The summed E-state index contributed by atoms with van der Waals surface area (Å²) in [6.07, 6.45) is 1.64. The van der Waals surface area contributed by atoms with E-state index < -0.39 is 0 Å². The molecule has 0 atom stereocenters. The number of nitrogens with zero attached hydrogens (tertiary/aromatic N) is 2. The zero-order valence-corrected chi connectivity index (χ0v) is 10.2. The Morgan fingerprint density at radius 3 is 2.33 bits per heavy atom. The number of benzene rings is 2. The first-order valence-corrected chi connectivity index (χ1v) is 6.05. The fourth-order valence-electron chi connectivity index (χ4n) is 1.67. The van der Waals surface area contributed by atoms with Crippen LogP contribution in [-0.2, 0) is 6.42 Å². The molecule has 2 aromatic carbocycles. The molecular weight excluding hydrogens is 224 g/mol. The maximum absolute atomic E-state index is 8.81. The molecule has 0 saturated heterocycles. The topological polar surface area (TPSA) is 45.0 Å². The van der Waals surface area contributed by atoms with Gasteiger partial charge in [-0.25, -0.2) is 0 Å². The third kappa shape index (κ3) is 3.79. The molecule has 0 aliphatic heterocycles. The number of hydrogen-bond donors (Lipinski definition) is 1. The molecule has 0 aliphatic carbocycles. The van der Waals surface area contributed by atoms with Crippen LogP contribution in [0.25, 0.3) is 0 Å². The van der Waals surface area contributed by atoms with Crippen LogP contribution in [0.4, 0.5) is 11.4 Å². The van der Waals surface area contributed by atoms with Crippen molar-refractivity contribution < 1.29 is 5.11 Å². The van der Waals surface area contributed by atoms with Gasteiger partial charge in [-0.3, -0.25) is 0 Å². The molecule has 0 fully saturated rings. The molecule has 0 amide bonds. The van der Waals surface area contributed by atoms with Crippen molar-refractivity contribution in [2.75, 3.05) is 6.61 Å². The first-order valence-electron chi connectivity index (χ1n) is 6.05. The van der Waals surface area contributed by atoms with Crippen LogP contribution in [0.2, 0.25) is 0 Å². The van der Waals surface area contributed by atoms with Gasteiger partial charge in [0.1, 0.15) is 0 Å². The van der Waals surface area contributed by atoms with E-state index in [2.05, 4.69) is 10.2 Å². The average Bonchev–Trinajstić information content (AvgIpc) is 2.44. The molecule has 0 heterocycles. The van der Waals surface area contributed by atoms with Crippen LogP contribution in [0.1, 0.15) is 12.0 Å². The summed E-state index contributed by atoms with van der Waals surface area (Å²) in [5.41, 5.74) is 2.86.